The Hall–Kier alpha value is -1.64. The molecule has 120 valence electrons. The maximum absolute atomic E-state index is 12.8. The van der Waals surface area contributed by atoms with Crippen LogP contribution in [0.15, 0.2) is 12.1 Å². The van der Waals surface area contributed by atoms with Gasteiger partial charge in [0.25, 0.3) is 0 Å². The van der Waals surface area contributed by atoms with Crippen LogP contribution in [0.3, 0.4) is 0 Å². The van der Waals surface area contributed by atoms with E-state index in [-0.39, 0.29) is 11.7 Å². The van der Waals surface area contributed by atoms with Crippen molar-refractivity contribution in [1.82, 2.24) is 0 Å². The van der Waals surface area contributed by atoms with Gasteiger partial charge in [0.1, 0.15) is 5.78 Å². The Kier molecular flexibility index (Phi) is 5.05. The van der Waals surface area contributed by atoms with E-state index in [1.165, 1.54) is 5.56 Å². The predicted octanol–water partition coefficient (Wildman–Crippen LogP) is 3.86. The molecule has 1 aliphatic carbocycles. The van der Waals surface area contributed by atoms with E-state index in [1.807, 2.05) is 13.8 Å². The fourth-order valence-corrected chi connectivity index (χ4v) is 3.83. The second kappa shape index (κ2) is 6.64. The molecule has 2 rings (SSSR count). The summed E-state index contributed by atoms with van der Waals surface area (Å²) >= 11 is 0. The Bertz CT molecular complexity index is 565. The zero-order valence-corrected chi connectivity index (χ0v) is 14.0. The summed E-state index contributed by atoms with van der Waals surface area (Å²) in [4.78, 5) is 24.2. The zero-order valence-electron chi connectivity index (χ0n) is 14.0. The number of benzene rings is 1. The van der Waals surface area contributed by atoms with E-state index in [2.05, 4.69) is 26.0 Å². The smallest absolute Gasteiger partial charge is 0.307 e. The molecule has 1 aromatic carbocycles. The number of aliphatic carboxylic acids is 1. The van der Waals surface area contributed by atoms with Gasteiger partial charge in [0, 0.05) is 12.3 Å². The van der Waals surface area contributed by atoms with Gasteiger partial charge in [-0.25, -0.2) is 0 Å². The first-order valence-electron chi connectivity index (χ1n) is 8.11. The van der Waals surface area contributed by atoms with Crippen molar-refractivity contribution in [3.8, 4) is 0 Å². The first kappa shape index (κ1) is 16.7. The van der Waals surface area contributed by atoms with Crippen LogP contribution in [0.4, 0.5) is 0 Å². The Morgan fingerprint density at radius 2 is 1.68 bits per heavy atom. The second-order valence-corrected chi connectivity index (χ2v) is 6.99. The third-order valence-corrected chi connectivity index (χ3v) is 5.03. The molecule has 1 aromatic rings. The van der Waals surface area contributed by atoms with Crippen LogP contribution in [0, 0.1) is 38.5 Å². The number of carboxylic acids is 1. The van der Waals surface area contributed by atoms with Gasteiger partial charge in [-0.05, 0) is 62.6 Å². The van der Waals surface area contributed by atoms with Gasteiger partial charge in [-0.15, -0.1) is 0 Å². The third kappa shape index (κ3) is 3.57. The van der Waals surface area contributed by atoms with Crippen molar-refractivity contribution in [2.75, 3.05) is 0 Å². The van der Waals surface area contributed by atoms with Crippen LogP contribution in [0.1, 0.15) is 48.4 Å². The van der Waals surface area contributed by atoms with Crippen molar-refractivity contribution in [2.45, 2.75) is 53.4 Å². The Labute approximate surface area is 132 Å². The Morgan fingerprint density at radius 1 is 1.09 bits per heavy atom. The fourth-order valence-electron chi connectivity index (χ4n) is 3.83. The van der Waals surface area contributed by atoms with Gasteiger partial charge in [-0.3, -0.25) is 9.59 Å². The molecule has 22 heavy (non-hydrogen) atoms. The number of carboxylic acid groups (broad SMARTS) is 1. The van der Waals surface area contributed by atoms with Crippen LogP contribution >= 0.6 is 0 Å². The number of rotatable bonds is 4. The minimum absolute atomic E-state index is 0.0917. The SMILES string of the molecule is Cc1cc(C)c(CC(=O)C2CC(C)CCC2C(=O)O)c(C)c1. The average Bonchev–Trinajstić information content (AvgIpc) is 2.42. The minimum atomic E-state index is -0.817. The minimum Gasteiger partial charge on any atom is -0.481 e. The highest BCUT2D eigenvalue weighted by Gasteiger charge is 2.37. The maximum atomic E-state index is 12.8. The topological polar surface area (TPSA) is 54.4 Å². The van der Waals surface area contributed by atoms with Gasteiger partial charge in [0.15, 0.2) is 0 Å². The Morgan fingerprint density at radius 3 is 2.23 bits per heavy atom. The van der Waals surface area contributed by atoms with E-state index < -0.39 is 11.9 Å². The normalized spacial score (nSPS) is 25.0. The highest BCUT2D eigenvalue weighted by Crippen LogP contribution is 2.35. The van der Waals surface area contributed by atoms with Gasteiger partial charge in [-0.2, -0.15) is 0 Å². The number of ketones is 1. The summed E-state index contributed by atoms with van der Waals surface area (Å²) in [6, 6.07) is 4.18. The van der Waals surface area contributed by atoms with Crippen LogP contribution in [-0.4, -0.2) is 16.9 Å². The van der Waals surface area contributed by atoms with Crippen LogP contribution < -0.4 is 0 Å². The van der Waals surface area contributed by atoms with Crippen molar-refractivity contribution in [2.24, 2.45) is 17.8 Å². The van der Waals surface area contributed by atoms with Crippen LogP contribution in [0.25, 0.3) is 0 Å². The van der Waals surface area contributed by atoms with Gasteiger partial charge < -0.3 is 5.11 Å². The van der Waals surface area contributed by atoms with Gasteiger partial charge in [0.2, 0.25) is 0 Å². The standard InChI is InChI=1S/C19H26O3/c1-11-5-6-15(19(21)22)17(9-11)18(20)10-16-13(3)7-12(2)8-14(16)4/h7-8,11,15,17H,5-6,9-10H2,1-4H3,(H,21,22). The maximum Gasteiger partial charge on any atom is 0.307 e. The molecular formula is C19H26O3. The van der Waals surface area contributed by atoms with Gasteiger partial charge in [-0.1, -0.05) is 24.6 Å². The van der Waals surface area contributed by atoms with E-state index in [9.17, 15) is 14.7 Å². The molecule has 1 N–H and O–H groups in total. The lowest BCUT2D eigenvalue weighted by atomic mass is 9.71. The molecule has 3 atom stereocenters. The van der Waals surface area contributed by atoms with E-state index in [4.69, 9.17) is 0 Å². The molecule has 0 radical (unpaired) electrons. The summed E-state index contributed by atoms with van der Waals surface area (Å²) in [6.45, 7) is 8.22. The largest absolute Gasteiger partial charge is 0.481 e. The van der Waals surface area contributed by atoms with Gasteiger partial charge >= 0.3 is 5.97 Å². The lowest BCUT2D eigenvalue weighted by molar-refractivity contribution is -0.148. The molecule has 0 saturated heterocycles. The highest BCUT2D eigenvalue weighted by molar-refractivity contribution is 5.88. The first-order chi connectivity index (χ1) is 10.3. The van der Waals surface area contributed by atoms with Crippen molar-refractivity contribution >= 4 is 11.8 Å². The molecule has 3 unspecified atom stereocenters. The number of aryl methyl sites for hydroxylation is 3. The summed E-state index contributed by atoms with van der Waals surface area (Å²) in [5.41, 5.74) is 4.52. The van der Waals surface area contributed by atoms with Crippen LogP contribution in [0.2, 0.25) is 0 Å². The molecule has 1 fully saturated rings. The molecule has 0 aliphatic heterocycles. The molecule has 3 heteroatoms. The summed E-state index contributed by atoms with van der Waals surface area (Å²) in [5.74, 6) is -1.13. The monoisotopic (exact) mass is 302 g/mol. The molecule has 0 amide bonds. The van der Waals surface area contributed by atoms with Crippen LogP contribution in [0.5, 0.6) is 0 Å². The van der Waals surface area contributed by atoms with E-state index in [0.29, 0.717) is 25.2 Å². The lowest BCUT2D eigenvalue weighted by Crippen LogP contribution is -2.36. The number of carbonyl (C=O) groups is 2. The molecular weight excluding hydrogens is 276 g/mol. The number of hydrogen-bond donors (Lipinski definition) is 1. The third-order valence-electron chi connectivity index (χ3n) is 5.03. The first-order valence-corrected chi connectivity index (χ1v) is 8.11. The summed E-state index contributed by atoms with van der Waals surface area (Å²) in [5, 5.41) is 9.40. The Balaban J connectivity index is 2.22. The van der Waals surface area contributed by atoms with E-state index in [0.717, 1.165) is 23.1 Å². The molecule has 0 aromatic heterocycles. The summed E-state index contributed by atoms with van der Waals surface area (Å²) in [6.07, 6.45) is 2.60. The number of carbonyl (C=O) groups excluding carboxylic acids is 1. The summed E-state index contributed by atoms with van der Waals surface area (Å²) in [7, 11) is 0. The number of Topliss-reactive ketones (excluding diaryl/α,β-unsaturated/α-hetero) is 1. The fraction of sp³-hybridized carbons (Fsp3) is 0.579. The quantitative estimate of drug-likeness (QED) is 0.919. The van der Waals surface area contributed by atoms with Crippen molar-refractivity contribution in [3.63, 3.8) is 0 Å². The molecule has 3 nitrogen and oxygen atoms in total. The van der Waals surface area contributed by atoms with E-state index in [1.54, 1.807) is 0 Å². The molecule has 1 saturated carbocycles. The summed E-state index contributed by atoms with van der Waals surface area (Å²) < 4.78 is 0. The van der Waals surface area contributed by atoms with Crippen LogP contribution in [-0.2, 0) is 16.0 Å². The zero-order chi connectivity index (χ0) is 16.4. The highest BCUT2D eigenvalue weighted by atomic mass is 16.4. The van der Waals surface area contributed by atoms with E-state index >= 15 is 0 Å². The predicted molar refractivity (Wildman–Crippen MR) is 87.0 cm³/mol. The molecule has 0 spiro atoms. The number of hydrogen-bond acceptors (Lipinski definition) is 2. The molecule has 0 bridgehead atoms. The second-order valence-electron chi connectivity index (χ2n) is 6.99. The van der Waals surface area contributed by atoms with Crippen molar-refractivity contribution in [3.05, 3.63) is 34.4 Å². The van der Waals surface area contributed by atoms with Crippen molar-refractivity contribution < 1.29 is 14.7 Å². The van der Waals surface area contributed by atoms with Crippen molar-refractivity contribution in [1.29, 1.82) is 0 Å². The van der Waals surface area contributed by atoms with Gasteiger partial charge in [0.05, 0.1) is 5.92 Å². The lowest BCUT2D eigenvalue weighted by Gasteiger charge is -2.31. The average molecular weight is 302 g/mol. The molecule has 0 heterocycles. The molecule has 1 aliphatic rings.